The van der Waals surface area contributed by atoms with Crippen molar-refractivity contribution >= 4 is 40.0 Å². The Labute approximate surface area is 284 Å². The molecule has 9 heteroatoms. The van der Waals surface area contributed by atoms with Crippen molar-refractivity contribution in [2.75, 3.05) is 4.90 Å². The zero-order valence-corrected chi connectivity index (χ0v) is 26.9. The second-order valence-corrected chi connectivity index (χ2v) is 13.4. The fraction of sp³-hybridized carbons (Fsp3) is 0.0256. The summed E-state index contributed by atoms with van der Waals surface area (Å²) in [4.78, 5) is 34.0. The van der Waals surface area contributed by atoms with Crippen LogP contribution in [0.4, 0.5) is 17.3 Å². The molecule has 2 aliphatic rings. The molecule has 8 aromatic rings. The maximum absolute atomic E-state index is 5.03. The third kappa shape index (κ3) is 3.86. The molecular formula is C39H23N7S2. The molecule has 0 saturated carbocycles. The molecule has 1 aliphatic heterocycles. The molecule has 0 unspecified atom stereocenters. The largest absolute Gasteiger partial charge is 0.278 e. The first-order chi connectivity index (χ1) is 23.8. The average molecular weight is 654 g/mol. The lowest BCUT2D eigenvalue weighted by molar-refractivity contribution is 0.740. The van der Waals surface area contributed by atoms with E-state index in [0.29, 0.717) is 23.2 Å². The van der Waals surface area contributed by atoms with Gasteiger partial charge in [0.2, 0.25) is 0 Å². The van der Waals surface area contributed by atoms with Crippen LogP contribution in [0.2, 0.25) is 0 Å². The van der Waals surface area contributed by atoms with Gasteiger partial charge in [-0.1, -0.05) is 48.5 Å². The normalized spacial score (nSPS) is 13.5. The van der Waals surface area contributed by atoms with Gasteiger partial charge in [0, 0.05) is 56.3 Å². The summed E-state index contributed by atoms with van der Waals surface area (Å²) >= 11 is 3.62. The molecule has 0 radical (unpaired) electrons. The Morgan fingerprint density at radius 2 is 1.02 bits per heavy atom. The van der Waals surface area contributed by atoms with Crippen LogP contribution in [-0.2, 0) is 5.41 Å². The van der Waals surface area contributed by atoms with Gasteiger partial charge in [0.05, 0.1) is 5.41 Å². The molecule has 1 aliphatic carbocycles. The minimum atomic E-state index is -0.477. The minimum Gasteiger partial charge on any atom is -0.278 e. The number of nitrogens with zero attached hydrogens (tertiary/aromatic N) is 7. The summed E-state index contributed by atoms with van der Waals surface area (Å²) in [5, 5.41) is 4.41. The number of thiophene rings is 2. The lowest BCUT2D eigenvalue weighted by Crippen LogP contribution is -2.36. The van der Waals surface area contributed by atoms with Gasteiger partial charge in [-0.2, -0.15) is 0 Å². The van der Waals surface area contributed by atoms with Crippen molar-refractivity contribution in [3.05, 3.63) is 161 Å². The van der Waals surface area contributed by atoms with Crippen molar-refractivity contribution in [2.24, 2.45) is 0 Å². The number of anilines is 3. The molecule has 2 aromatic carbocycles. The molecule has 226 valence electrons. The second-order valence-electron chi connectivity index (χ2n) is 11.6. The third-order valence-corrected chi connectivity index (χ3v) is 11.1. The van der Waals surface area contributed by atoms with Crippen molar-refractivity contribution in [2.45, 2.75) is 5.41 Å². The van der Waals surface area contributed by atoms with E-state index in [1.165, 1.54) is 20.9 Å². The Morgan fingerprint density at radius 1 is 0.458 bits per heavy atom. The van der Waals surface area contributed by atoms with Gasteiger partial charge in [0.15, 0.2) is 17.5 Å². The number of hydrogen-bond acceptors (Lipinski definition) is 9. The van der Waals surface area contributed by atoms with Gasteiger partial charge in [0.1, 0.15) is 17.3 Å². The maximum Gasteiger partial charge on any atom is 0.182 e. The SMILES string of the molecule is c1ccc(-c2nc(-c3ccc(N4c5ncccc5C5(c6cccnc64)c4ccsc4-c4sccc45)cc3)nc(-c3ccccn3)n2)cc1. The number of fused-ring (bicyclic) bond motifs is 9. The fourth-order valence-corrected chi connectivity index (χ4v) is 9.20. The Morgan fingerprint density at radius 3 is 1.62 bits per heavy atom. The highest BCUT2D eigenvalue weighted by molar-refractivity contribution is 7.21. The van der Waals surface area contributed by atoms with Crippen LogP contribution < -0.4 is 4.90 Å². The average Bonchev–Trinajstić information content (AvgIpc) is 3.90. The predicted octanol–water partition coefficient (Wildman–Crippen LogP) is 9.33. The summed E-state index contributed by atoms with van der Waals surface area (Å²) < 4.78 is 0. The first-order valence-electron chi connectivity index (χ1n) is 15.5. The molecule has 0 fully saturated rings. The van der Waals surface area contributed by atoms with Gasteiger partial charge in [-0.3, -0.25) is 9.88 Å². The van der Waals surface area contributed by atoms with Gasteiger partial charge in [-0.25, -0.2) is 24.9 Å². The lowest BCUT2D eigenvalue weighted by atomic mass is 9.67. The first kappa shape index (κ1) is 27.2. The third-order valence-electron chi connectivity index (χ3n) is 9.09. The lowest BCUT2D eigenvalue weighted by Gasteiger charge is -2.42. The van der Waals surface area contributed by atoms with E-state index in [1.807, 2.05) is 95.7 Å². The predicted molar refractivity (Wildman–Crippen MR) is 191 cm³/mol. The molecule has 0 atom stereocenters. The van der Waals surface area contributed by atoms with Gasteiger partial charge in [-0.05, 0) is 82.6 Å². The van der Waals surface area contributed by atoms with Crippen molar-refractivity contribution in [1.29, 1.82) is 0 Å². The summed E-state index contributed by atoms with van der Waals surface area (Å²) in [5.74, 6) is 3.44. The van der Waals surface area contributed by atoms with Crippen molar-refractivity contribution < 1.29 is 0 Å². The fourth-order valence-electron chi connectivity index (χ4n) is 7.10. The van der Waals surface area contributed by atoms with Gasteiger partial charge in [-0.15, -0.1) is 22.7 Å². The van der Waals surface area contributed by atoms with E-state index in [1.54, 1.807) is 6.20 Å². The first-order valence-corrected chi connectivity index (χ1v) is 17.3. The topological polar surface area (TPSA) is 80.6 Å². The van der Waals surface area contributed by atoms with E-state index < -0.39 is 5.41 Å². The molecule has 48 heavy (non-hydrogen) atoms. The molecule has 1 spiro atoms. The standard InChI is InChI=1S/C39H23N7S2/c1-2-8-24(9-3-1)34-43-35(45-36(44-34)31-12-4-5-19-40-31)25-13-15-26(16-14-25)46-37-29(10-6-20-41-37)39(30-11-7-21-42-38(30)46)27-17-22-47-32(27)33-28(39)18-23-48-33/h1-23H. The quantitative estimate of drug-likeness (QED) is 0.187. The highest BCUT2D eigenvalue weighted by Crippen LogP contribution is 2.64. The number of benzene rings is 2. The van der Waals surface area contributed by atoms with E-state index in [0.717, 1.165) is 39.6 Å². The van der Waals surface area contributed by atoms with E-state index in [4.69, 9.17) is 24.9 Å². The van der Waals surface area contributed by atoms with Crippen LogP contribution >= 0.6 is 22.7 Å². The monoisotopic (exact) mass is 653 g/mol. The van der Waals surface area contributed by atoms with Crippen molar-refractivity contribution in [3.63, 3.8) is 0 Å². The van der Waals surface area contributed by atoms with Crippen LogP contribution in [0.5, 0.6) is 0 Å². The highest BCUT2D eigenvalue weighted by atomic mass is 32.1. The second kappa shape index (κ2) is 10.6. The molecule has 7 nitrogen and oxygen atoms in total. The zero-order valence-electron chi connectivity index (χ0n) is 25.2. The summed E-state index contributed by atoms with van der Waals surface area (Å²) in [7, 11) is 0. The Bertz CT molecular complexity index is 2330. The van der Waals surface area contributed by atoms with Crippen LogP contribution in [0.15, 0.2) is 139 Å². The highest BCUT2D eigenvalue weighted by Gasteiger charge is 2.53. The Kier molecular flexibility index (Phi) is 5.99. The van der Waals surface area contributed by atoms with Crippen molar-refractivity contribution in [3.8, 4) is 44.0 Å². The van der Waals surface area contributed by atoms with Crippen LogP contribution in [0, 0.1) is 0 Å². The maximum atomic E-state index is 5.03. The van der Waals surface area contributed by atoms with Crippen LogP contribution in [-0.4, -0.2) is 29.9 Å². The van der Waals surface area contributed by atoms with Gasteiger partial charge < -0.3 is 0 Å². The molecule has 7 heterocycles. The summed E-state index contributed by atoms with van der Waals surface area (Å²) in [5.41, 5.74) is 7.86. The van der Waals surface area contributed by atoms with E-state index in [-0.39, 0.29) is 0 Å². The Balaban J connectivity index is 1.12. The Hall–Kier alpha value is -5.90. The molecule has 0 bridgehead atoms. The van der Waals surface area contributed by atoms with Crippen LogP contribution in [0.25, 0.3) is 44.0 Å². The van der Waals surface area contributed by atoms with Crippen LogP contribution in [0.1, 0.15) is 22.3 Å². The molecule has 10 rings (SSSR count). The van der Waals surface area contributed by atoms with E-state index >= 15 is 0 Å². The summed E-state index contributed by atoms with van der Waals surface area (Å²) in [6, 6.07) is 37.1. The molecule has 0 saturated heterocycles. The molecule has 0 N–H and O–H groups in total. The van der Waals surface area contributed by atoms with Gasteiger partial charge >= 0.3 is 0 Å². The number of aromatic nitrogens is 6. The van der Waals surface area contributed by atoms with E-state index in [2.05, 4.69) is 69.2 Å². The molecule has 6 aromatic heterocycles. The van der Waals surface area contributed by atoms with Crippen molar-refractivity contribution in [1.82, 2.24) is 29.9 Å². The summed E-state index contributed by atoms with van der Waals surface area (Å²) in [6.07, 6.45) is 5.49. The van der Waals surface area contributed by atoms with Crippen LogP contribution in [0.3, 0.4) is 0 Å². The summed E-state index contributed by atoms with van der Waals surface area (Å²) in [6.45, 7) is 0. The number of hydrogen-bond donors (Lipinski definition) is 0. The minimum absolute atomic E-state index is 0.477. The number of pyridine rings is 3. The zero-order chi connectivity index (χ0) is 31.7. The molecule has 0 amide bonds. The van der Waals surface area contributed by atoms with Gasteiger partial charge in [0.25, 0.3) is 0 Å². The number of rotatable bonds is 4. The molecular weight excluding hydrogens is 631 g/mol. The van der Waals surface area contributed by atoms with E-state index in [9.17, 15) is 0 Å². The smallest absolute Gasteiger partial charge is 0.182 e.